The molecule has 3 N–H and O–H groups in total. The Morgan fingerprint density at radius 3 is 2.82 bits per heavy atom. The molecule has 2 rings (SSSR count). The Morgan fingerprint density at radius 1 is 1.53 bits per heavy atom. The number of hydrogen-bond acceptors (Lipinski definition) is 4. The first-order valence-corrected chi connectivity index (χ1v) is 5.65. The first kappa shape index (κ1) is 11.7. The van der Waals surface area contributed by atoms with Crippen LogP contribution in [0.4, 0.5) is 10.1 Å². The van der Waals surface area contributed by atoms with Crippen LogP contribution in [0.25, 0.3) is 0 Å². The topological polar surface area (TPSA) is 76.7 Å². The van der Waals surface area contributed by atoms with Crippen molar-refractivity contribution in [1.29, 1.82) is 0 Å². The molecule has 0 fully saturated rings. The Kier molecular flexibility index (Phi) is 2.93. The number of nitrogens with zero attached hydrogens (tertiary/aromatic N) is 2. The van der Waals surface area contributed by atoms with E-state index in [0.29, 0.717) is 21.3 Å². The van der Waals surface area contributed by atoms with Gasteiger partial charge in [-0.3, -0.25) is 4.57 Å². The van der Waals surface area contributed by atoms with E-state index in [2.05, 4.69) is 10.2 Å². The summed E-state index contributed by atoms with van der Waals surface area (Å²) >= 11 is 1.21. The second-order valence-electron chi connectivity index (χ2n) is 3.61. The summed E-state index contributed by atoms with van der Waals surface area (Å²) in [6, 6.07) is 2.90. The van der Waals surface area contributed by atoms with Gasteiger partial charge in [0.15, 0.2) is 5.16 Å². The number of H-pyrrole nitrogens is 1. The molecule has 17 heavy (non-hydrogen) atoms. The maximum absolute atomic E-state index is 13.2. The highest BCUT2D eigenvalue weighted by molar-refractivity contribution is 7.99. The number of aryl methyl sites for hydroxylation is 1. The van der Waals surface area contributed by atoms with E-state index in [9.17, 15) is 9.18 Å². The average Bonchev–Trinajstić information content (AvgIpc) is 2.58. The van der Waals surface area contributed by atoms with Crippen LogP contribution in [0.15, 0.2) is 27.0 Å². The van der Waals surface area contributed by atoms with Crippen LogP contribution in [0.2, 0.25) is 0 Å². The van der Waals surface area contributed by atoms with E-state index in [0.717, 1.165) is 0 Å². The summed E-state index contributed by atoms with van der Waals surface area (Å²) in [6.45, 7) is 1.66. The molecule has 1 aromatic carbocycles. The molecule has 2 aromatic rings. The van der Waals surface area contributed by atoms with Crippen LogP contribution in [-0.2, 0) is 7.05 Å². The van der Waals surface area contributed by atoms with E-state index >= 15 is 0 Å². The maximum Gasteiger partial charge on any atom is 0.343 e. The van der Waals surface area contributed by atoms with Crippen LogP contribution < -0.4 is 11.4 Å². The van der Waals surface area contributed by atoms with Crippen LogP contribution in [0.3, 0.4) is 0 Å². The van der Waals surface area contributed by atoms with Gasteiger partial charge in [-0.2, -0.15) is 0 Å². The van der Waals surface area contributed by atoms with E-state index in [4.69, 9.17) is 5.73 Å². The molecule has 0 radical (unpaired) electrons. The van der Waals surface area contributed by atoms with Crippen molar-refractivity contribution in [2.24, 2.45) is 7.05 Å². The fourth-order valence-electron chi connectivity index (χ4n) is 1.28. The zero-order valence-corrected chi connectivity index (χ0v) is 10.1. The van der Waals surface area contributed by atoms with E-state index in [1.54, 1.807) is 20.0 Å². The van der Waals surface area contributed by atoms with Gasteiger partial charge in [-0.05, 0) is 36.4 Å². The van der Waals surface area contributed by atoms with Gasteiger partial charge in [0.1, 0.15) is 5.82 Å². The summed E-state index contributed by atoms with van der Waals surface area (Å²) in [6.07, 6.45) is 0. The van der Waals surface area contributed by atoms with Crippen molar-refractivity contribution in [3.63, 3.8) is 0 Å². The van der Waals surface area contributed by atoms with E-state index in [1.807, 2.05) is 0 Å². The fourth-order valence-corrected chi connectivity index (χ4v) is 2.20. The molecule has 7 heteroatoms. The highest BCUT2D eigenvalue weighted by Crippen LogP contribution is 2.31. The van der Waals surface area contributed by atoms with Gasteiger partial charge in [0, 0.05) is 17.6 Å². The molecule has 0 aliphatic carbocycles. The van der Waals surface area contributed by atoms with Crippen molar-refractivity contribution >= 4 is 17.4 Å². The van der Waals surface area contributed by atoms with Gasteiger partial charge in [-0.15, -0.1) is 5.10 Å². The van der Waals surface area contributed by atoms with E-state index in [-0.39, 0.29) is 11.5 Å². The lowest BCUT2D eigenvalue weighted by Gasteiger charge is -2.06. The summed E-state index contributed by atoms with van der Waals surface area (Å²) in [5.74, 6) is -0.345. The number of aromatic amines is 1. The second-order valence-corrected chi connectivity index (χ2v) is 4.62. The van der Waals surface area contributed by atoms with Crippen molar-refractivity contribution < 1.29 is 4.39 Å². The van der Waals surface area contributed by atoms with E-state index in [1.165, 1.54) is 22.4 Å². The number of nitrogen functional groups attached to an aromatic ring is 1. The normalized spacial score (nSPS) is 10.8. The highest BCUT2D eigenvalue weighted by atomic mass is 32.2. The Hall–Kier alpha value is -1.76. The number of hydrogen-bond donors (Lipinski definition) is 2. The van der Waals surface area contributed by atoms with Gasteiger partial charge < -0.3 is 5.73 Å². The van der Waals surface area contributed by atoms with Crippen molar-refractivity contribution in [3.8, 4) is 0 Å². The number of nitrogens with two attached hydrogens (primary N) is 1. The monoisotopic (exact) mass is 254 g/mol. The summed E-state index contributed by atoms with van der Waals surface area (Å²) in [5.41, 5.74) is 6.24. The number of halogens is 1. The molecule has 0 saturated heterocycles. The van der Waals surface area contributed by atoms with Gasteiger partial charge in [-0.25, -0.2) is 14.3 Å². The van der Waals surface area contributed by atoms with Crippen molar-refractivity contribution in [2.75, 3.05) is 5.73 Å². The minimum Gasteiger partial charge on any atom is -0.398 e. The zero-order chi connectivity index (χ0) is 12.6. The van der Waals surface area contributed by atoms with Crippen LogP contribution >= 0.6 is 11.8 Å². The zero-order valence-electron chi connectivity index (χ0n) is 9.32. The van der Waals surface area contributed by atoms with Gasteiger partial charge in [0.25, 0.3) is 0 Å². The number of anilines is 1. The SMILES string of the molecule is Cc1cc(Sc2n[nH]c(=O)n2C)c(N)cc1F. The highest BCUT2D eigenvalue weighted by Gasteiger charge is 2.10. The summed E-state index contributed by atoms with van der Waals surface area (Å²) < 4.78 is 14.6. The lowest BCUT2D eigenvalue weighted by atomic mass is 10.2. The molecule has 0 atom stereocenters. The molecule has 0 aliphatic heterocycles. The largest absolute Gasteiger partial charge is 0.398 e. The van der Waals surface area contributed by atoms with Crippen LogP contribution in [0.5, 0.6) is 0 Å². The Balaban J connectivity index is 2.40. The summed E-state index contributed by atoms with van der Waals surface area (Å²) in [4.78, 5) is 11.8. The second kappa shape index (κ2) is 4.25. The molecular formula is C10H11FN4OS. The fraction of sp³-hybridized carbons (Fsp3) is 0.200. The number of rotatable bonds is 2. The first-order chi connectivity index (χ1) is 7.99. The van der Waals surface area contributed by atoms with Crippen molar-refractivity contribution in [3.05, 3.63) is 34.0 Å². The predicted octanol–water partition coefficient (Wildman–Crippen LogP) is 1.29. The molecule has 0 saturated carbocycles. The van der Waals surface area contributed by atoms with Gasteiger partial charge in [-0.1, -0.05) is 0 Å². The number of aromatic nitrogens is 3. The third-order valence-electron chi connectivity index (χ3n) is 2.33. The summed E-state index contributed by atoms with van der Waals surface area (Å²) in [7, 11) is 1.60. The standard InChI is InChI=1S/C10H11FN4OS/c1-5-3-8(7(12)4-6(5)11)17-10-14-13-9(16)15(10)2/h3-4H,12H2,1-2H3,(H,13,16). The molecule has 0 unspecified atom stereocenters. The lowest BCUT2D eigenvalue weighted by molar-refractivity contribution is 0.618. The molecular weight excluding hydrogens is 243 g/mol. The predicted molar refractivity (Wildman–Crippen MR) is 63.5 cm³/mol. The van der Waals surface area contributed by atoms with Gasteiger partial charge >= 0.3 is 5.69 Å². The average molecular weight is 254 g/mol. The lowest BCUT2D eigenvalue weighted by Crippen LogP contribution is -2.12. The molecule has 0 spiro atoms. The molecule has 5 nitrogen and oxygen atoms in total. The molecule has 90 valence electrons. The Bertz CT molecular complexity index is 619. The summed E-state index contributed by atoms with van der Waals surface area (Å²) in [5, 5.41) is 6.65. The molecule has 1 aromatic heterocycles. The smallest absolute Gasteiger partial charge is 0.343 e. The van der Waals surface area contributed by atoms with E-state index < -0.39 is 0 Å². The van der Waals surface area contributed by atoms with Crippen LogP contribution in [-0.4, -0.2) is 14.8 Å². The van der Waals surface area contributed by atoms with Gasteiger partial charge in [0.05, 0.1) is 0 Å². The third-order valence-corrected chi connectivity index (χ3v) is 3.45. The molecule has 0 amide bonds. The van der Waals surface area contributed by atoms with Gasteiger partial charge in [0.2, 0.25) is 0 Å². The number of benzene rings is 1. The molecule has 1 heterocycles. The van der Waals surface area contributed by atoms with Crippen LogP contribution in [0, 0.1) is 12.7 Å². The van der Waals surface area contributed by atoms with Crippen molar-refractivity contribution in [1.82, 2.24) is 14.8 Å². The Morgan fingerprint density at radius 2 is 2.24 bits per heavy atom. The minimum absolute atomic E-state index is 0.301. The first-order valence-electron chi connectivity index (χ1n) is 4.84. The number of nitrogens with one attached hydrogen (secondary N) is 1. The third kappa shape index (κ3) is 2.19. The quantitative estimate of drug-likeness (QED) is 0.792. The molecule has 0 aliphatic rings. The molecule has 0 bridgehead atoms. The van der Waals surface area contributed by atoms with Crippen LogP contribution in [0.1, 0.15) is 5.56 Å². The maximum atomic E-state index is 13.2. The Labute approximate surface area is 101 Å². The van der Waals surface area contributed by atoms with Crippen molar-refractivity contribution in [2.45, 2.75) is 17.0 Å². The minimum atomic E-state index is -0.345.